The molecule has 1 atom stereocenters. The minimum Gasteiger partial charge on any atom is -0.444 e. The largest absolute Gasteiger partial charge is 0.444 e. The Hall–Kier alpha value is -3.40. The molecule has 0 saturated carbocycles. The number of fused-ring (bicyclic) bond motifs is 1. The van der Waals surface area contributed by atoms with Gasteiger partial charge in [0.1, 0.15) is 11.4 Å². The van der Waals surface area contributed by atoms with Gasteiger partial charge in [0.15, 0.2) is 11.2 Å². The summed E-state index contributed by atoms with van der Waals surface area (Å²) in [5.41, 5.74) is 0.0225. The molecule has 3 rings (SSSR count). The molecule has 1 N–H and O–H groups in total. The van der Waals surface area contributed by atoms with Crippen molar-refractivity contribution in [3.63, 3.8) is 0 Å². The molecule has 0 aliphatic carbocycles. The second-order valence-electron chi connectivity index (χ2n) is 10.3. The fourth-order valence-electron chi connectivity index (χ4n) is 4.00. The molecule has 10 heteroatoms. The van der Waals surface area contributed by atoms with Gasteiger partial charge in [-0.3, -0.25) is 13.9 Å². The van der Waals surface area contributed by atoms with E-state index in [1.54, 1.807) is 46.4 Å². The quantitative estimate of drug-likeness (QED) is 0.453. The van der Waals surface area contributed by atoms with Gasteiger partial charge in [0.25, 0.3) is 5.56 Å². The second kappa shape index (κ2) is 11.1. The monoisotopic (exact) mass is 499 g/mol. The fraction of sp³-hybridized carbons (Fsp3) is 0.538. The first kappa shape index (κ1) is 27.2. The number of carbonyl (C=O) groups is 1. The first-order valence-corrected chi connectivity index (χ1v) is 12.2. The zero-order chi connectivity index (χ0) is 26.6. The summed E-state index contributed by atoms with van der Waals surface area (Å²) >= 11 is 0. The van der Waals surface area contributed by atoms with Crippen LogP contribution in [0.15, 0.2) is 39.9 Å². The second-order valence-corrected chi connectivity index (χ2v) is 10.3. The highest BCUT2D eigenvalue weighted by Crippen LogP contribution is 2.17. The highest BCUT2D eigenvalue weighted by Gasteiger charge is 2.24. The maximum atomic E-state index is 13.6. The standard InChI is InChI=1S/C26H37N5O5/c1-18(32)12-10-11-15-30-23(33)21-22(29(6)24(30)34)27-20(17-28(5)25(35)36-26(2,3)4)31(21)16-19-13-8-7-9-14-19/h7-9,13-14,18,32H,10-12,15-17H2,1-6H3. The number of imidazole rings is 1. The van der Waals surface area contributed by atoms with Crippen molar-refractivity contribution in [3.8, 4) is 0 Å². The maximum absolute atomic E-state index is 13.6. The molecule has 3 aromatic rings. The van der Waals surface area contributed by atoms with Gasteiger partial charge in [-0.25, -0.2) is 14.6 Å². The average molecular weight is 500 g/mol. The van der Waals surface area contributed by atoms with E-state index in [9.17, 15) is 19.5 Å². The van der Waals surface area contributed by atoms with E-state index in [-0.39, 0.29) is 18.7 Å². The van der Waals surface area contributed by atoms with Gasteiger partial charge in [-0.15, -0.1) is 0 Å². The first-order chi connectivity index (χ1) is 16.9. The molecule has 1 aromatic carbocycles. The number of aromatic nitrogens is 4. The minimum absolute atomic E-state index is 0.0957. The molecule has 1 unspecified atom stereocenters. The van der Waals surface area contributed by atoms with Gasteiger partial charge in [-0.2, -0.15) is 0 Å². The number of benzene rings is 1. The predicted octanol–water partition coefficient (Wildman–Crippen LogP) is 2.86. The minimum atomic E-state index is -0.652. The van der Waals surface area contributed by atoms with Crippen molar-refractivity contribution in [2.45, 2.75) is 78.3 Å². The van der Waals surface area contributed by atoms with Crippen molar-refractivity contribution in [1.82, 2.24) is 23.6 Å². The molecule has 1 amide bonds. The highest BCUT2D eigenvalue weighted by molar-refractivity contribution is 5.72. The molecule has 36 heavy (non-hydrogen) atoms. The third kappa shape index (κ3) is 6.42. The topological polar surface area (TPSA) is 112 Å². The lowest BCUT2D eigenvalue weighted by Crippen LogP contribution is -2.39. The smallest absolute Gasteiger partial charge is 0.410 e. The summed E-state index contributed by atoms with van der Waals surface area (Å²) in [6, 6.07) is 9.64. The summed E-state index contributed by atoms with van der Waals surface area (Å²) in [7, 11) is 3.21. The van der Waals surface area contributed by atoms with Crippen LogP contribution in [0.25, 0.3) is 11.2 Å². The van der Waals surface area contributed by atoms with Crippen LogP contribution in [0.5, 0.6) is 0 Å². The fourth-order valence-corrected chi connectivity index (χ4v) is 4.00. The van der Waals surface area contributed by atoms with E-state index in [4.69, 9.17) is 4.74 Å². The summed E-state index contributed by atoms with van der Waals surface area (Å²) in [5, 5.41) is 9.51. The van der Waals surface area contributed by atoms with Gasteiger partial charge in [0.2, 0.25) is 0 Å². The van der Waals surface area contributed by atoms with Crippen LogP contribution < -0.4 is 11.2 Å². The van der Waals surface area contributed by atoms with Crippen molar-refractivity contribution in [1.29, 1.82) is 0 Å². The summed E-state index contributed by atoms with van der Waals surface area (Å²) < 4.78 is 9.86. The summed E-state index contributed by atoms with van der Waals surface area (Å²) in [6.07, 6.45) is 0.950. The molecule has 2 aromatic heterocycles. The number of unbranched alkanes of at least 4 members (excludes halogenated alkanes) is 1. The van der Waals surface area contributed by atoms with Crippen molar-refractivity contribution < 1.29 is 14.6 Å². The Labute approximate surface area is 210 Å². The van der Waals surface area contributed by atoms with Gasteiger partial charge >= 0.3 is 11.8 Å². The third-order valence-electron chi connectivity index (χ3n) is 5.83. The number of carbonyl (C=O) groups excluding carboxylic acids is 1. The lowest BCUT2D eigenvalue weighted by atomic mass is 10.2. The molecule has 0 saturated heterocycles. The molecule has 0 aliphatic rings. The van der Waals surface area contributed by atoms with Crippen molar-refractivity contribution in [3.05, 3.63) is 62.6 Å². The summed E-state index contributed by atoms with van der Waals surface area (Å²) in [4.78, 5) is 45.3. The van der Waals surface area contributed by atoms with Crippen LogP contribution in [0.4, 0.5) is 4.79 Å². The van der Waals surface area contributed by atoms with Gasteiger partial charge in [-0.1, -0.05) is 30.3 Å². The molecule has 0 spiro atoms. The lowest BCUT2D eigenvalue weighted by Gasteiger charge is -2.24. The third-order valence-corrected chi connectivity index (χ3v) is 5.83. The molecule has 196 valence electrons. The van der Waals surface area contributed by atoms with Crippen molar-refractivity contribution >= 4 is 17.3 Å². The summed E-state index contributed by atoms with van der Waals surface area (Å²) in [6.45, 7) is 7.80. The highest BCUT2D eigenvalue weighted by atomic mass is 16.6. The van der Waals surface area contributed by atoms with Gasteiger partial charge in [0.05, 0.1) is 12.6 Å². The van der Waals surface area contributed by atoms with Crippen LogP contribution in [0.1, 0.15) is 58.3 Å². The van der Waals surface area contributed by atoms with Crippen molar-refractivity contribution in [2.75, 3.05) is 7.05 Å². The molecule has 0 bridgehead atoms. The first-order valence-electron chi connectivity index (χ1n) is 12.2. The van der Waals surface area contributed by atoms with E-state index in [0.717, 1.165) is 5.56 Å². The van der Waals surface area contributed by atoms with E-state index >= 15 is 0 Å². The SMILES string of the molecule is CC(O)CCCCn1c(=O)c2c(nc(CN(C)C(=O)OC(C)(C)C)n2Cc2ccccc2)n(C)c1=O. The van der Waals surface area contributed by atoms with Crippen LogP contribution in [0.3, 0.4) is 0 Å². The number of nitrogens with zero attached hydrogens (tertiary/aromatic N) is 5. The van der Waals surface area contributed by atoms with Gasteiger partial charge in [-0.05, 0) is 52.5 Å². The number of amides is 1. The van der Waals surface area contributed by atoms with E-state index < -0.39 is 29.0 Å². The number of aliphatic hydroxyl groups excluding tert-OH is 1. The van der Waals surface area contributed by atoms with E-state index in [1.165, 1.54) is 14.0 Å². The Bertz CT molecular complexity index is 1310. The number of rotatable bonds is 9. The molecular formula is C26H37N5O5. The lowest BCUT2D eigenvalue weighted by molar-refractivity contribution is 0.0279. The zero-order valence-corrected chi connectivity index (χ0v) is 22.0. The molecule has 2 heterocycles. The zero-order valence-electron chi connectivity index (χ0n) is 22.0. The van der Waals surface area contributed by atoms with Crippen LogP contribution in [-0.4, -0.2) is 53.5 Å². The predicted molar refractivity (Wildman–Crippen MR) is 138 cm³/mol. The molecule has 0 aliphatic heterocycles. The summed E-state index contributed by atoms with van der Waals surface area (Å²) in [5.74, 6) is 0.473. The molecule has 0 fully saturated rings. The number of hydrogen-bond donors (Lipinski definition) is 1. The Morgan fingerprint density at radius 2 is 1.81 bits per heavy atom. The Morgan fingerprint density at radius 1 is 1.14 bits per heavy atom. The van der Waals surface area contributed by atoms with Crippen LogP contribution in [-0.2, 0) is 31.4 Å². The molecule has 0 radical (unpaired) electrons. The number of aliphatic hydroxyl groups is 1. The maximum Gasteiger partial charge on any atom is 0.410 e. The molecule has 10 nitrogen and oxygen atoms in total. The van der Waals surface area contributed by atoms with E-state index in [0.29, 0.717) is 37.1 Å². The van der Waals surface area contributed by atoms with Crippen molar-refractivity contribution in [2.24, 2.45) is 7.05 Å². The van der Waals surface area contributed by atoms with Crippen LogP contribution in [0, 0.1) is 0 Å². The Morgan fingerprint density at radius 3 is 2.42 bits per heavy atom. The van der Waals surface area contributed by atoms with Gasteiger partial charge < -0.3 is 19.3 Å². The number of hydrogen-bond acceptors (Lipinski definition) is 6. The number of ether oxygens (including phenoxy) is 1. The van der Waals surface area contributed by atoms with E-state index in [2.05, 4.69) is 4.98 Å². The molecular weight excluding hydrogens is 462 g/mol. The van der Waals surface area contributed by atoms with Crippen LogP contribution in [0.2, 0.25) is 0 Å². The Balaban J connectivity index is 2.08. The normalized spacial score (nSPS) is 12.6. The van der Waals surface area contributed by atoms with E-state index in [1.807, 2.05) is 30.3 Å². The van der Waals surface area contributed by atoms with Crippen LogP contribution >= 0.6 is 0 Å². The van der Waals surface area contributed by atoms with Gasteiger partial charge in [0, 0.05) is 27.2 Å². The average Bonchev–Trinajstić information content (AvgIpc) is 3.14. The number of aryl methyl sites for hydroxylation is 1. The Kier molecular flexibility index (Phi) is 8.39.